The highest BCUT2D eigenvalue weighted by Crippen LogP contribution is 2.26. The topological polar surface area (TPSA) is 60.2 Å². The van der Waals surface area contributed by atoms with Crippen molar-refractivity contribution in [1.82, 2.24) is 19.7 Å². The Morgan fingerprint density at radius 2 is 2.12 bits per heavy atom. The van der Waals surface area contributed by atoms with Crippen molar-refractivity contribution in [1.29, 1.82) is 0 Å². The van der Waals surface area contributed by atoms with Crippen molar-refractivity contribution in [3.8, 4) is 10.6 Å². The quantitative estimate of drug-likeness (QED) is 0.834. The van der Waals surface area contributed by atoms with Crippen molar-refractivity contribution in [2.45, 2.75) is 32.8 Å². The molecule has 7 heteroatoms. The Hall–Kier alpha value is -1.73. The van der Waals surface area contributed by atoms with Crippen LogP contribution in [0.3, 0.4) is 0 Å². The van der Waals surface area contributed by atoms with Crippen molar-refractivity contribution < 1.29 is 9.53 Å². The van der Waals surface area contributed by atoms with E-state index in [1.54, 1.807) is 17.1 Å². The first-order chi connectivity index (χ1) is 11.5. The van der Waals surface area contributed by atoms with E-state index in [4.69, 9.17) is 4.74 Å². The first kappa shape index (κ1) is 17.1. The normalized spacial score (nSPS) is 16.1. The molecule has 130 valence electrons. The second kappa shape index (κ2) is 7.44. The van der Waals surface area contributed by atoms with E-state index in [1.165, 1.54) is 11.3 Å². The van der Waals surface area contributed by atoms with Crippen LogP contribution < -0.4 is 0 Å². The van der Waals surface area contributed by atoms with Gasteiger partial charge in [-0.05, 0) is 18.8 Å². The van der Waals surface area contributed by atoms with Gasteiger partial charge in [0.05, 0.1) is 18.5 Å². The molecule has 0 aromatic carbocycles. The van der Waals surface area contributed by atoms with Gasteiger partial charge in [-0.3, -0.25) is 9.48 Å². The Morgan fingerprint density at radius 1 is 1.38 bits per heavy atom. The molecule has 0 saturated carbocycles. The number of aryl methyl sites for hydroxylation is 1. The molecular weight excluding hydrogens is 324 g/mol. The number of ether oxygens (including phenoxy) is 1. The van der Waals surface area contributed by atoms with Crippen LogP contribution in [0.25, 0.3) is 10.6 Å². The van der Waals surface area contributed by atoms with Gasteiger partial charge in [0.15, 0.2) is 0 Å². The molecule has 2 aromatic rings. The number of nitrogens with zero attached hydrogens (tertiary/aromatic N) is 4. The second-order valence-corrected chi connectivity index (χ2v) is 7.68. The van der Waals surface area contributed by atoms with Crippen molar-refractivity contribution in [3.05, 3.63) is 23.5 Å². The Morgan fingerprint density at radius 3 is 2.75 bits per heavy atom. The monoisotopic (exact) mass is 348 g/mol. The Labute approximate surface area is 146 Å². The molecule has 0 spiro atoms. The standard InChI is InChI=1S/C17H24N4O2S/c1-12(2)11-23-14-4-6-21(7-5-14)17(22)15-9-18-16(24-15)13-8-19-20(3)10-13/h8-10,12,14H,4-7,11H2,1-3H3. The summed E-state index contributed by atoms with van der Waals surface area (Å²) < 4.78 is 7.62. The second-order valence-electron chi connectivity index (χ2n) is 6.65. The smallest absolute Gasteiger partial charge is 0.265 e. The number of likely N-dealkylation sites (tertiary alicyclic amines) is 1. The largest absolute Gasteiger partial charge is 0.378 e. The average Bonchev–Trinajstić information content (AvgIpc) is 3.21. The van der Waals surface area contributed by atoms with E-state index in [1.807, 2.05) is 18.1 Å². The van der Waals surface area contributed by atoms with E-state index in [0.29, 0.717) is 10.8 Å². The zero-order valence-electron chi connectivity index (χ0n) is 14.4. The van der Waals surface area contributed by atoms with Gasteiger partial charge in [-0.25, -0.2) is 4.98 Å². The molecule has 1 amide bonds. The molecule has 0 bridgehead atoms. The third-order valence-electron chi connectivity index (χ3n) is 4.06. The highest BCUT2D eigenvalue weighted by molar-refractivity contribution is 7.16. The van der Waals surface area contributed by atoms with E-state index in [2.05, 4.69) is 23.9 Å². The van der Waals surface area contributed by atoms with Crippen LogP contribution in [0.5, 0.6) is 0 Å². The molecule has 1 fully saturated rings. The van der Waals surface area contributed by atoms with Crippen LogP contribution in [0.15, 0.2) is 18.6 Å². The lowest BCUT2D eigenvalue weighted by atomic mass is 10.1. The lowest BCUT2D eigenvalue weighted by Crippen LogP contribution is -2.40. The number of hydrogen-bond acceptors (Lipinski definition) is 5. The molecule has 0 radical (unpaired) electrons. The summed E-state index contributed by atoms with van der Waals surface area (Å²) in [4.78, 5) is 19.6. The SMILES string of the molecule is CC(C)COC1CCN(C(=O)c2cnc(-c3cnn(C)c3)s2)CC1. The summed E-state index contributed by atoms with van der Waals surface area (Å²) >= 11 is 1.43. The number of amides is 1. The summed E-state index contributed by atoms with van der Waals surface area (Å²) in [7, 11) is 1.87. The van der Waals surface area contributed by atoms with Crippen LogP contribution in [-0.2, 0) is 11.8 Å². The molecule has 0 aliphatic carbocycles. The fraction of sp³-hybridized carbons (Fsp3) is 0.588. The number of carbonyl (C=O) groups excluding carboxylic acids is 1. The molecule has 0 atom stereocenters. The third-order valence-corrected chi connectivity index (χ3v) is 5.10. The Kier molecular flexibility index (Phi) is 5.30. The van der Waals surface area contributed by atoms with Crippen LogP contribution in [0.4, 0.5) is 0 Å². The van der Waals surface area contributed by atoms with Gasteiger partial charge in [-0.15, -0.1) is 11.3 Å². The summed E-state index contributed by atoms with van der Waals surface area (Å²) in [6, 6.07) is 0. The molecule has 3 heterocycles. The van der Waals surface area contributed by atoms with Crippen molar-refractivity contribution in [3.63, 3.8) is 0 Å². The summed E-state index contributed by atoms with van der Waals surface area (Å²) in [5.74, 6) is 0.623. The summed E-state index contributed by atoms with van der Waals surface area (Å²) in [6.45, 7) is 6.61. The first-order valence-corrected chi connectivity index (χ1v) is 9.20. The highest BCUT2D eigenvalue weighted by Gasteiger charge is 2.25. The minimum Gasteiger partial charge on any atom is -0.378 e. The van der Waals surface area contributed by atoms with E-state index in [9.17, 15) is 4.79 Å². The molecule has 6 nitrogen and oxygen atoms in total. The predicted octanol–water partition coefficient (Wildman–Crippen LogP) is 2.82. The van der Waals surface area contributed by atoms with Crippen molar-refractivity contribution in [2.24, 2.45) is 13.0 Å². The van der Waals surface area contributed by atoms with E-state index in [0.717, 1.165) is 43.1 Å². The van der Waals surface area contributed by atoms with Gasteiger partial charge in [0, 0.05) is 38.5 Å². The van der Waals surface area contributed by atoms with E-state index in [-0.39, 0.29) is 12.0 Å². The van der Waals surface area contributed by atoms with Crippen LogP contribution in [-0.4, -0.2) is 51.4 Å². The predicted molar refractivity (Wildman–Crippen MR) is 94.0 cm³/mol. The third kappa shape index (κ3) is 4.02. The number of aromatic nitrogens is 3. The number of rotatable bonds is 5. The molecule has 24 heavy (non-hydrogen) atoms. The maximum atomic E-state index is 12.7. The lowest BCUT2D eigenvalue weighted by Gasteiger charge is -2.32. The lowest BCUT2D eigenvalue weighted by molar-refractivity contribution is -0.00221. The summed E-state index contributed by atoms with van der Waals surface area (Å²) in [5, 5.41) is 4.98. The fourth-order valence-electron chi connectivity index (χ4n) is 2.75. The van der Waals surface area contributed by atoms with Crippen LogP contribution >= 0.6 is 11.3 Å². The number of thiazole rings is 1. The first-order valence-electron chi connectivity index (χ1n) is 8.38. The van der Waals surface area contributed by atoms with Crippen LogP contribution in [0.1, 0.15) is 36.4 Å². The summed E-state index contributed by atoms with van der Waals surface area (Å²) in [6.07, 6.45) is 7.45. The van der Waals surface area contributed by atoms with Gasteiger partial charge in [0.25, 0.3) is 5.91 Å². The highest BCUT2D eigenvalue weighted by atomic mass is 32.1. The van der Waals surface area contributed by atoms with E-state index >= 15 is 0 Å². The van der Waals surface area contributed by atoms with Gasteiger partial charge in [-0.1, -0.05) is 13.8 Å². The molecule has 3 rings (SSSR count). The van der Waals surface area contributed by atoms with E-state index < -0.39 is 0 Å². The Bertz CT molecular complexity index is 686. The van der Waals surface area contributed by atoms with Gasteiger partial charge >= 0.3 is 0 Å². The van der Waals surface area contributed by atoms with Gasteiger partial charge in [0.2, 0.25) is 0 Å². The molecule has 0 N–H and O–H groups in total. The molecule has 1 saturated heterocycles. The van der Waals surface area contributed by atoms with Gasteiger partial charge in [0.1, 0.15) is 9.88 Å². The minimum atomic E-state index is 0.0740. The maximum Gasteiger partial charge on any atom is 0.265 e. The molecule has 0 unspecified atom stereocenters. The molecular formula is C17H24N4O2S. The van der Waals surface area contributed by atoms with Gasteiger partial charge < -0.3 is 9.64 Å². The Balaban J connectivity index is 1.57. The fourth-order valence-corrected chi connectivity index (χ4v) is 3.61. The van der Waals surface area contributed by atoms with Crippen molar-refractivity contribution >= 4 is 17.2 Å². The number of hydrogen-bond donors (Lipinski definition) is 0. The molecule has 1 aliphatic rings. The summed E-state index contributed by atoms with van der Waals surface area (Å²) in [5.41, 5.74) is 0.947. The minimum absolute atomic E-state index is 0.0740. The zero-order chi connectivity index (χ0) is 17.1. The molecule has 2 aromatic heterocycles. The van der Waals surface area contributed by atoms with Crippen LogP contribution in [0.2, 0.25) is 0 Å². The average molecular weight is 348 g/mol. The van der Waals surface area contributed by atoms with Crippen LogP contribution in [0, 0.1) is 5.92 Å². The van der Waals surface area contributed by atoms with Gasteiger partial charge in [-0.2, -0.15) is 5.10 Å². The number of carbonyl (C=O) groups is 1. The molecule has 1 aliphatic heterocycles. The number of piperidine rings is 1. The van der Waals surface area contributed by atoms with Crippen molar-refractivity contribution in [2.75, 3.05) is 19.7 Å². The zero-order valence-corrected chi connectivity index (χ0v) is 15.3. The maximum absolute atomic E-state index is 12.7.